The number of aryl methyl sites for hydroxylation is 2. The van der Waals surface area contributed by atoms with Crippen LogP contribution in [0.1, 0.15) is 24.0 Å². The summed E-state index contributed by atoms with van der Waals surface area (Å²) in [6, 6.07) is 0. The van der Waals surface area contributed by atoms with Crippen molar-refractivity contribution in [3.8, 4) is 12.3 Å². The Morgan fingerprint density at radius 3 is 1.56 bits per heavy atom. The van der Waals surface area contributed by atoms with Gasteiger partial charge in [-0.2, -0.15) is 0 Å². The number of hydrogen-bond acceptors (Lipinski definition) is 11. The zero-order chi connectivity index (χ0) is 39.0. The monoisotopic (exact) mass is 729 g/mol. The van der Waals surface area contributed by atoms with E-state index in [2.05, 4.69) is 26.5 Å². The Hall–Kier alpha value is -6.30. The number of hydrogen-bond donors (Lipinski definition) is 6. The minimum absolute atomic E-state index is 0.0218. The normalized spacial score (nSPS) is 10.5. The van der Waals surface area contributed by atoms with E-state index in [1.807, 2.05) is 0 Å². The van der Waals surface area contributed by atoms with Crippen molar-refractivity contribution in [2.45, 2.75) is 39.8 Å². The number of H-pyrrole nitrogens is 2. The van der Waals surface area contributed by atoms with Crippen LogP contribution in [0.15, 0.2) is 31.6 Å². The van der Waals surface area contributed by atoms with E-state index in [-0.39, 0.29) is 75.7 Å². The quantitative estimate of drug-likeness (QED) is 0.0698. The van der Waals surface area contributed by atoms with Crippen LogP contribution >= 0.6 is 0 Å². The topological polar surface area (TPSA) is 298 Å². The van der Waals surface area contributed by atoms with Crippen molar-refractivity contribution >= 4 is 35.4 Å². The van der Waals surface area contributed by atoms with Crippen molar-refractivity contribution < 1.29 is 28.8 Å². The van der Waals surface area contributed by atoms with E-state index in [0.717, 1.165) is 18.9 Å². The lowest BCUT2D eigenvalue weighted by Crippen LogP contribution is -2.49. The fourth-order valence-electron chi connectivity index (χ4n) is 4.64. The molecule has 2 aromatic heterocycles. The van der Waals surface area contributed by atoms with Gasteiger partial charge in [0.2, 0.25) is 35.4 Å². The van der Waals surface area contributed by atoms with Gasteiger partial charge in [0.25, 0.3) is 11.1 Å². The van der Waals surface area contributed by atoms with Gasteiger partial charge in [0.1, 0.15) is 13.1 Å². The molecular weight excluding hydrogens is 686 g/mol. The molecule has 6 amide bonds. The number of amides is 6. The van der Waals surface area contributed by atoms with Crippen LogP contribution in [-0.2, 0) is 41.9 Å². The second kappa shape index (κ2) is 20.4. The molecule has 0 aliphatic rings. The van der Waals surface area contributed by atoms with Crippen LogP contribution in [0.3, 0.4) is 0 Å². The molecule has 0 bridgehead atoms. The lowest BCUT2D eigenvalue weighted by molar-refractivity contribution is -0.137. The van der Waals surface area contributed by atoms with E-state index in [1.54, 1.807) is 0 Å². The third kappa shape index (κ3) is 13.5. The van der Waals surface area contributed by atoms with Crippen LogP contribution in [0.5, 0.6) is 0 Å². The van der Waals surface area contributed by atoms with Gasteiger partial charge in [0.15, 0.2) is 0 Å². The van der Waals surface area contributed by atoms with E-state index in [4.69, 9.17) is 17.9 Å². The number of nitrogens with one attached hydrogen (secondary N) is 4. The van der Waals surface area contributed by atoms with Crippen molar-refractivity contribution in [1.29, 1.82) is 0 Å². The Morgan fingerprint density at radius 1 is 0.731 bits per heavy atom. The molecule has 2 rings (SSSR count). The SMILES string of the molecule is C#CCCC(=O)N(CCN)CC(=O)NCCN(CC(=O)NCCN(CC(N)=O)C(=O)Cn1cc(C)c(=O)[nH]c1=O)C(=O)Cn1cc(C)c(=O)[nH]c1=O. The second-order valence-electron chi connectivity index (χ2n) is 11.5. The van der Waals surface area contributed by atoms with Gasteiger partial charge in [0, 0.05) is 75.6 Å². The highest BCUT2D eigenvalue weighted by molar-refractivity contribution is 5.86. The number of carbonyl (C=O) groups is 6. The van der Waals surface area contributed by atoms with Gasteiger partial charge in [-0.3, -0.25) is 57.5 Å². The van der Waals surface area contributed by atoms with Crippen molar-refractivity contribution in [2.75, 3.05) is 58.9 Å². The summed E-state index contributed by atoms with van der Waals surface area (Å²) >= 11 is 0. The molecular formula is C31H43N11O10. The molecule has 2 aromatic rings. The van der Waals surface area contributed by atoms with Crippen LogP contribution in [0, 0.1) is 26.2 Å². The zero-order valence-corrected chi connectivity index (χ0v) is 28.9. The van der Waals surface area contributed by atoms with Gasteiger partial charge in [-0.05, 0) is 13.8 Å². The molecule has 52 heavy (non-hydrogen) atoms. The van der Waals surface area contributed by atoms with Crippen molar-refractivity contribution in [2.24, 2.45) is 11.5 Å². The maximum absolute atomic E-state index is 13.3. The third-order valence-electron chi connectivity index (χ3n) is 7.35. The second-order valence-corrected chi connectivity index (χ2v) is 11.5. The highest BCUT2D eigenvalue weighted by Crippen LogP contribution is 1.99. The fourth-order valence-corrected chi connectivity index (χ4v) is 4.64. The van der Waals surface area contributed by atoms with Crippen molar-refractivity contribution in [3.63, 3.8) is 0 Å². The number of aromatic nitrogens is 4. The standard InChI is InChI=1S/C31H43N11O10/c1-4-5-6-25(46)38(10-7-32)16-23(44)35-9-12-40(27(48)19-42-14-21(3)29(50)37-31(42)52)17-24(45)34-8-11-39(15-22(33)43)26(47)18-41-13-20(2)28(49)36-30(41)51/h1,13-14H,5-12,15-19,32H2,2-3H3,(H2,33,43)(H,34,45)(H,35,44)(H,36,49,51)(H,37,50,52). The summed E-state index contributed by atoms with van der Waals surface area (Å²) in [5.41, 5.74) is 8.18. The van der Waals surface area contributed by atoms with E-state index >= 15 is 0 Å². The number of terminal acetylenes is 1. The first-order chi connectivity index (χ1) is 24.6. The largest absolute Gasteiger partial charge is 0.368 e. The minimum atomic E-state index is -0.876. The maximum atomic E-state index is 13.3. The summed E-state index contributed by atoms with van der Waals surface area (Å²) in [5, 5.41) is 5.08. The van der Waals surface area contributed by atoms with E-state index in [1.165, 1.54) is 31.1 Å². The summed E-state index contributed by atoms with van der Waals surface area (Å²) in [7, 11) is 0. The van der Waals surface area contributed by atoms with Crippen LogP contribution in [-0.4, -0.2) is 128 Å². The molecule has 0 fully saturated rings. The first-order valence-corrected chi connectivity index (χ1v) is 16.0. The van der Waals surface area contributed by atoms with Gasteiger partial charge >= 0.3 is 11.4 Å². The average molecular weight is 730 g/mol. The average Bonchev–Trinajstić information content (AvgIpc) is 3.07. The van der Waals surface area contributed by atoms with Crippen LogP contribution in [0.4, 0.5) is 0 Å². The smallest absolute Gasteiger partial charge is 0.328 e. The number of carbonyl (C=O) groups excluding carboxylic acids is 6. The van der Waals surface area contributed by atoms with Gasteiger partial charge in [0.05, 0.1) is 19.6 Å². The van der Waals surface area contributed by atoms with Gasteiger partial charge < -0.3 is 36.8 Å². The lowest BCUT2D eigenvalue weighted by atomic mass is 10.2. The Morgan fingerprint density at radius 2 is 1.15 bits per heavy atom. The van der Waals surface area contributed by atoms with Gasteiger partial charge in [-0.1, -0.05) is 0 Å². The first kappa shape index (κ1) is 41.9. The number of nitrogens with two attached hydrogens (primary N) is 2. The minimum Gasteiger partial charge on any atom is -0.368 e. The summed E-state index contributed by atoms with van der Waals surface area (Å²) < 4.78 is 1.88. The Labute approximate surface area is 296 Å². The molecule has 21 heteroatoms. The van der Waals surface area contributed by atoms with E-state index < -0.39 is 78.2 Å². The molecule has 0 spiro atoms. The van der Waals surface area contributed by atoms with Crippen LogP contribution in [0.2, 0.25) is 0 Å². The lowest BCUT2D eigenvalue weighted by Gasteiger charge is -2.25. The number of rotatable bonds is 20. The van der Waals surface area contributed by atoms with E-state index in [0.29, 0.717) is 0 Å². The highest BCUT2D eigenvalue weighted by atomic mass is 16.2. The maximum Gasteiger partial charge on any atom is 0.328 e. The number of aromatic amines is 2. The predicted molar refractivity (Wildman–Crippen MR) is 184 cm³/mol. The third-order valence-corrected chi connectivity index (χ3v) is 7.35. The summed E-state index contributed by atoms with van der Waals surface area (Å²) in [6.07, 6.45) is 7.76. The molecule has 282 valence electrons. The van der Waals surface area contributed by atoms with Gasteiger partial charge in [-0.25, -0.2) is 9.59 Å². The zero-order valence-electron chi connectivity index (χ0n) is 28.9. The summed E-state index contributed by atoms with van der Waals surface area (Å²) in [5.74, 6) is -1.66. The van der Waals surface area contributed by atoms with Gasteiger partial charge in [-0.15, -0.1) is 12.3 Å². The van der Waals surface area contributed by atoms with Crippen LogP contribution in [0.25, 0.3) is 0 Å². The molecule has 21 nitrogen and oxygen atoms in total. The summed E-state index contributed by atoms with van der Waals surface area (Å²) in [4.78, 5) is 131. The first-order valence-electron chi connectivity index (χ1n) is 16.0. The van der Waals surface area contributed by atoms with Crippen molar-refractivity contribution in [1.82, 2.24) is 44.4 Å². The predicted octanol–water partition coefficient (Wildman–Crippen LogP) is -5.72. The molecule has 0 unspecified atom stereocenters. The number of primary amides is 1. The van der Waals surface area contributed by atoms with E-state index in [9.17, 15) is 47.9 Å². The molecule has 0 atom stereocenters. The summed E-state index contributed by atoms with van der Waals surface area (Å²) in [6.45, 7) is -0.382. The molecule has 0 saturated carbocycles. The molecule has 0 aliphatic heterocycles. The molecule has 0 radical (unpaired) electrons. The molecule has 8 N–H and O–H groups in total. The Bertz CT molecular complexity index is 1920. The molecule has 2 heterocycles. The van der Waals surface area contributed by atoms with Crippen LogP contribution < -0.4 is 44.6 Å². The highest BCUT2D eigenvalue weighted by Gasteiger charge is 2.22. The number of nitrogens with zero attached hydrogens (tertiary/aromatic N) is 5. The fraction of sp³-hybridized carbons (Fsp3) is 0.484. The van der Waals surface area contributed by atoms with Crippen molar-refractivity contribution in [3.05, 3.63) is 65.2 Å². The molecule has 0 aromatic carbocycles. The molecule has 0 saturated heterocycles. The Balaban J connectivity index is 2.12. The molecule has 0 aliphatic carbocycles. The Kier molecular flexibility index (Phi) is 16.4.